The molecule has 0 aliphatic carbocycles. The third-order valence-corrected chi connectivity index (χ3v) is 6.59. The number of rotatable bonds is 7. The third kappa shape index (κ3) is 6.32. The number of para-hydroxylation sites is 1. The number of carbonyl (C=O) groups excluding carboxylic acids is 2. The Morgan fingerprint density at radius 1 is 1.06 bits per heavy atom. The topological polar surface area (TPSA) is 96.5 Å². The molecule has 0 bridgehead atoms. The SMILES string of the molecule is Cc1occc1-c1nnc(SCC(=O)N2CCN(CC(=O)NC(C)(C)C)CC2)n1-c1ccccc1. The number of benzene rings is 1. The molecule has 1 aromatic carbocycles. The number of aryl methyl sites for hydroxylation is 1. The fourth-order valence-corrected chi connectivity index (χ4v) is 4.85. The lowest BCUT2D eigenvalue weighted by Crippen LogP contribution is -2.53. The molecule has 4 rings (SSSR count). The Kier molecular flexibility index (Phi) is 7.61. The highest BCUT2D eigenvalue weighted by Gasteiger charge is 2.25. The molecule has 0 spiro atoms. The highest BCUT2D eigenvalue weighted by atomic mass is 32.2. The maximum Gasteiger partial charge on any atom is 0.234 e. The summed E-state index contributed by atoms with van der Waals surface area (Å²) >= 11 is 1.38. The minimum absolute atomic E-state index is 0.0109. The number of piperazine rings is 1. The van der Waals surface area contributed by atoms with Crippen LogP contribution in [0.3, 0.4) is 0 Å². The molecule has 10 heteroatoms. The van der Waals surface area contributed by atoms with Gasteiger partial charge < -0.3 is 14.6 Å². The van der Waals surface area contributed by atoms with Gasteiger partial charge in [-0.05, 0) is 45.9 Å². The number of furan rings is 1. The molecule has 1 fully saturated rings. The summed E-state index contributed by atoms with van der Waals surface area (Å²) in [5, 5.41) is 12.4. The van der Waals surface area contributed by atoms with E-state index in [4.69, 9.17) is 4.42 Å². The lowest BCUT2D eigenvalue weighted by Gasteiger charge is -2.34. The van der Waals surface area contributed by atoms with Crippen LogP contribution in [0, 0.1) is 6.92 Å². The van der Waals surface area contributed by atoms with Crippen LogP contribution in [0.25, 0.3) is 17.1 Å². The van der Waals surface area contributed by atoms with Gasteiger partial charge in [0, 0.05) is 37.4 Å². The number of nitrogens with one attached hydrogen (secondary N) is 1. The maximum absolute atomic E-state index is 13.0. The number of carbonyl (C=O) groups is 2. The van der Waals surface area contributed by atoms with Gasteiger partial charge in [0.15, 0.2) is 11.0 Å². The molecule has 2 amide bonds. The predicted molar refractivity (Wildman–Crippen MR) is 135 cm³/mol. The molecule has 35 heavy (non-hydrogen) atoms. The largest absolute Gasteiger partial charge is 0.469 e. The van der Waals surface area contributed by atoms with Gasteiger partial charge in [0.2, 0.25) is 11.8 Å². The van der Waals surface area contributed by atoms with E-state index in [0.29, 0.717) is 43.7 Å². The molecule has 0 radical (unpaired) electrons. The highest BCUT2D eigenvalue weighted by molar-refractivity contribution is 7.99. The first kappa shape index (κ1) is 25.0. The van der Waals surface area contributed by atoms with Gasteiger partial charge in [0.1, 0.15) is 5.76 Å². The number of hydrogen-bond donors (Lipinski definition) is 1. The van der Waals surface area contributed by atoms with Crippen molar-refractivity contribution in [3.8, 4) is 17.1 Å². The van der Waals surface area contributed by atoms with Crippen molar-refractivity contribution >= 4 is 23.6 Å². The van der Waals surface area contributed by atoms with Gasteiger partial charge in [-0.2, -0.15) is 0 Å². The predicted octanol–water partition coefficient (Wildman–Crippen LogP) is 2.99. The van der Waals surface area contributed by atoms with E-state index in [-0.39, 0.29) is 23.1 Å². The van der Waals surface area contributed by atoms with E-state index in [9.17, 15) is 9.59 Å². The Balaban J connectivity index is 1.38. The van der Waals surface area contributed by atoms with Crippen molar-refractivity contribution in [3.63, 3.8) is 0 Å². The zero-order valence-electron chi connectivity index (χ0n) is 20.7. The normalized spacial score (nSPS) is 14.8. The first-order chi connectivity index (χ1) is 16.7. The molecule has 9 nitrogen and oxygen atoms in total. The molecule has 3 aromatic rings. The van der Waals surface area contributed by atoms with Crippen molar-refractivity contribution in [3.05, 3.63) is 48.4 Å². The van der Waals surface area contributed by atoms with Crippen LogP contribution in [-0.4, -0.2) is 80.4 Å². The maximum atomic E-state index is 13.0. The van der Waals surface area contributed by atoms with Crippen LogP contribution in [0.4, 0.5) is 0 Å². The molecule has 1 aliphatic heterocycles. The standard InChI is InChI=1S/C25H32N6O3S/c1-18-20(10-15-34-18)23-27-28-24(31(23)19-8-6-5-7-9-19)35-17-22(33)30-13-11-29(12-14-30)16-21(32)26-25(2,3)4/h5-10,15H,11-14,16-17H2,1-4H3,(H,26,32). The van der Waals surface area contributed by atoms with E-state index in [1.807, 2.05) is 73.6 Å². The van der Waals surface area contributed by atoms with Crippen molar-refractivity contribution in [1.82, 2.24) is 29.9 Å². The van der Waals surface area contributed by atoms with Gasteiger partial charge in [-0.1, -0.05) is 30.0 Å². The second-order valence-corrected chi connectivity index (χ2v) is 10.6. The van der Waals surface area contributed by atoms with Crippen LogP contribution < -0.4 is 5.32 Å². The monoisotopic (exact) mass is 496 g/mol. The van der Waals surface area contributed by atoms with E-state index < -0.39 is 0 Å². The molecule has 0 saturated carbocycles. The van der Waals surface area contributed by atoms with Gasteiger partial charge in [0.25, 0.3) is 0 Å². The van der Waals surface area contributed by atoms with E-state index in [2.05, 4.69) is 20.4 Å². The lowest BCUT2D eigenvalue weighted by atomic mass is 10.1. The minimum Gasteiger partial charge on any atom is -0.469 e. The fourth-order valence-electron chi connectivity index (χ4n) is 4.00. The van der Waals surface area contributed by atoms with Gasteiger partial charge in [-0.15, -0.1) is 10.2 Å². The molecular weight excluding hydrogens is 464 g/mol. The Morgan fingerprint density at radius 2 is 1.77 bits per heavy atom. The Morgan fingerprint density at radius 3 is 2.40 bits per heavy atom. The molecule has 0 atom stereocenters. The summed E-state index contributed by atoms with van der Waals surface area (Å²) in [7, 11) is 0. The zero-order valence-corrected chi connectivity index (χ0v) is 21.5. The summed E-state index contributed by atoms with van der Waals surface area (Å²) in [6, 6.07) is 11.7. The second kappa shape index (κ2) is 10.7. The molecule has 1 saturated heterocycles. The zero-order chi connectivity index (χ0) is 25.0. The van der Waals surface area contributed by atoms with Crippen LogP contribution in [-0.2, 0) is 9.59 Å². The van der Waals surface area contributed by atoms with Crippen LogP contribution in [0.2, 0.25) is 0 Å². The van der Waals surface area contributed by atoms with Crippen molar-refractivity contribution in [2.75, 3.05) is 38.5 Å². The molecule has 1 aliphatic rings. The first-order valence-corrected chi connectivity index (χ1v) is 12.7. The van der Waals surface area contributed by atoms with Crippen LogP contribution in [0.1, 0.15) is 26.5 Å². The second-order valence-electron chi connectivity index (χ2n) is 9.61. The number of amides is 2. The third-order valence-electron chi connectivity index (χ3n) is 5.68. The molecule has 1 N–H and O–H groups in total. The smallest absolute Gasteiger partial charge is 0.234 e. The molecule has 2 aromatic heterocycles. The molecule has 0 unspecified atom stereocenters. The van der Waals surface area contributed by atoms with E-state index in [1.165, 1.54) is 11.8 Å². The van der Waals surface area contributed by atoms with E-state index in [0.717, 1.165) is 17.0 Å². The summed E-state index contributed by atoms with van der Waals surface area (Å²) in [6.07, 6.45) is 1.64. The summed E-state index contributed by atoms with van der Waals surface area (Å²) in [6.45, 7) is 10.7. The quantitative estimate of drug-likeness (QED) is 0.502. The Bertz CT molecular complexity index is 1160. The van der Waals surface area contributed by atoms with Crippen LogP contribution in [0.5, 0.6) is 0 Å². The van der Waals surface area contributed by atoms with Gasteiger partial charge >= 0.3 is 0 Å². The minimum atomic E-state index is -0.247. The molecule has 186 valence electrons. The lowest BCUT2D eigenvalue weighted by molar-refractivity contribution is -0.130. The number of nitrogens with zero attached hydrogens (tertiary/aromatic N) is 5. The fraction of sp³-hybridized carbons (Fsp3) is 0.440. The van der Waals surface area contributed by atoms with Crippen molar-refractivity contribution in [2.24, 2.45) is 0 Å². The van der Waals surface area contributed by atoms with Gasteiger partial charge in [-0.25, -0.2) is 0 Å². The molecular formula is C25H32N6O3S. The van der Waals surface area contributed by atoms with Crippen molar-refractivity contribution < 1.29 is 14.0 Å². The summed E-state index contributed by atoms with van der Waals surface area (Å²) in [5.41, 5.74) is 1.54. The van der Waals surface area contributed by atoms with Crippen LogP contribution in [0.15, 0.2) is 52.2 Å². The van der Waals surface area contributed by atoms with Crippen molar-refractivity contribution in [2.45, 2.75) is 38.4 Å². The summed E-state index contributed by atoms with van der Waals surface area (Å²) in [5.74, 6) is 1.77. The Hall–Kier alpha value is -3.11. The average molecular weight is 497 g/mol. The Labute approximate surface area is 209 Å². The van der Waals surface area contributed by atoms with Crippen LogP contribution >= 0.6 is 11.8 Å². The highest BCUT2D eigenvalue weighted by Crippen LogP contribution is 2.30. The van der Waals surface area contributed by atoms with Gasteiger partial charge in [0.05, 0.1) is 24.1 Å². The van der Waals surface area contributed by atoms with E-state index >= 15 is 0 Å². The number of thioether (sulfide) groups is 1. The van der Waals surface area contributed by atoms with Gasteiger partial charge in [-0.3, -0.25) is 19.1 Å². The summed E-state index contributed by atoms with van der Waals surface area (Å²) < 4.78 is 7.44. The average Bonchev–Trinajstić information content (AvgIpc) is 3.42. The summed E-state index contributed by atoms with van der Waals surface area (Å²) in [4.78, 5) is 29.1. The number of hydrogen-bond acceptors (Lipinski definition) is 7. The first-order valence-electron chi connectivity index (χ1n) is 11.7. The van der Waals surface area contributed by atoms with Crippen molar-refractivity contribution in [1.29, 1.82) is 0 Å². The number of aromatic nitrogens is 3. The van der Waals surface area contributed by atoms with E-state index in [1.54, 1.807) is 6.26 Å². The molecule has 3 heterocycles.